The van der Waals surface area contributed by atoms with Crippen LogP contribution >= 0.6 is 11.5 Å². The summed E-state index contributed by atoms with van der Waals surface area (Å²) in [7, 11) is 1.52. The SMILES string of the molecule is COc1ccc(N(C(=O)c2snc(C(N)=O)c2N)C(C(=O)NCc2ccccc2)c2ccc(C)o2)cc1. The Labute approximate surface area is 217 Å². The Hall–Kier alpha value is -4.64. The summed E-state index contributed by atoms with van der Waals surface area (Å²) in [6, 6.07) is 18.1. The number of benzene rings is 2. The highest BCUT2D eigenvalue weighted by molar-refractivity contribution is 7.09. The van der Waals surface area contributed by atoms with Gasteiger partial charge in [-0.15, -0.1) is 0 Å². The molecule has 0 fully saturated rings. The molecule has 1 unspecified atom stereocenters. The molecular weight excluding hydrogens is 494 g/mol. The molecule has 0 aliphatic rings. The van der Waals surface area contributed by atoms with Crippen molar-refractivity contribution in [1.82, 2.24) is 9.69 Å². The van der Waals surface area contributed by atoms with Gasteiger partial charge in [-0.05, 0) is 60.4 Å². The van der Waals surface area contributed by atoms with Gasteiger partial charge in [0.1, 0.15) is 22.1 Å². The Balaban J connectivity index is 1.80. The minimum absolute atomic E-state index is 0.0336. The van der Waals surface area contributed by atoms with Crippen molar-refractivity contribution in [2.45, 2.75) is 19.5 Å². The quantitative estimate of drug-likeness (QED) is 0.306. The van der Waals surface area contributed by atoms with Crippen molar-refractivity contribution in [3.8, 4) is 5.75 Å². The van der Waals surface area contributed by atoms with Crippen LogP contribution in [0.4, 0.5) is 11.4 Å². The molecule has 37 heavy (non-hydrogen) atoms. The minimum atomic E-state index is -1.21. The second-order valence-electron chi connectivity index (χ2n) is 8.07. The highest BCUT2D eigenvalue weighted by atomic mass is 32.1. The zero-order chi connectivity index (χ0) is 26.5. The lowest BCUT2D eigenvalue weighted by Gasteiger charge is -2.29. The summed E-state index contributed by atoms with van der Waals surface area (Å²) in [6.45, 7) is 1.97. The number of furan rings is 1. The van der Waals surface area contributed by atoms with Gasteiger partial charge in [0.2, 0.25) is 0 Å². The first-order chi connectivity index (χ1) is 17.8. The Morgan fingerprint density at radius 2 is 1.78 bits per heavy atom. The van der Waals surface area contributed by atoms with Crippen LogP contribution in [0.3, 0.4) is 0 Å². The van der Waals surface area contributed by atoms with Crippen molar-refractivity contribution in [2.75, 3.05) is 17.7 Å². The van der Waals surface area contributed by atoms with E-state index in [1.165, 1.54) is 12.0 Å². The van der Waals surface area contributed by atoms with E-state index in [-0.39, 0.29) is 28.6 Å². The van der Waals surface area contributed by atoms with Crippen LogP contribution in [0.5, 0.6) is 5.75 Å². The lowest BCUT2D eigenvalue weighted by Crippen LogP contribution is -2.43. The summed E-state index contributed by atoms with van der Waals surface area (Å²) in [6.07, 6.45) is 0. The van der Waals surface area contributed by atoms with Crippen LogP contribution < -0.4 is 26.4 Å². The number of amides is 3. The Bertz CT molecular complexity index is 1410. The van der Waals surface area contributed by atoms with Gasteiger partial charge in [0.15, 0.2) is 11.7 Å². The number of methoxy groups -OCH3 is 1. The van der Waals surface area contributed by atoms with Crippen LogP contribution in [-0.2, 0) is 11.3 Å². The van der Waals surface area contributed by atoms with E-state index >= 15 is 0 Å². The fourth-order valence-corrected chi connectivity index (χ4v) is 4.46. The normalized spacial score (nSPS) is 11.5. The number of hydrogen-bond donors (Lipinski definition) is 3. The molecule has 2 aromatic carbocycles. The minimum Gasteiger partial charge on any atom is -0.497 e. The fraction of sp³-hybridized carbons (Fsp3) is 0.154. The number of ether oxygens (including phenoxy) is 1. The van der Waals surface area contributed by atoms with E-state index in [0.717, 1.165) is 17.1 Å². The van der Waals surface area contributed by atoms with Crippen molar-refractivity contribution >= 4 is 40.6 Å². The number of nitrogens with two attached hydrogens (primary N) is 2. The lowest BCUT2D eigenvalue weighted by atomic mass is 10.1. The predicted octanol–water partition coefficient (Wildman–Crippen LogP) is 3.44. The first-order valence-corrected chi connectivity index (χ1v) is 12.0. The Morgan fingerprint density at radius 3 is 2.35 bits per heavy atom. The van der Waals surface area contributed by atoms with Gasteiger partial charge < -0.3 is 25.9 Å². The molecule has 0 aliphatic carbocycles. The average molecular weight is 520 g/mol. The van der Waals surface area contributed by atoms with Crippen molar-refractivity contribution in [3.05, 3.63) is 94.4 Å². The maximum Gasteiger partial charge on any atom is 0.273 e. The maximum absolute atomic E-state index is 14.0. The number of anilines is 2. The van der Waals surface area contributed by atoms with Gasteiger partial charge in [0.05, 0.1) is 12.8 Å². The summed E-state index contributed by atoms with van der Waals surface area (Å²) < 4.78 is 15.0. The fourth-order valence-electron chi connectivity index (χ4n) is 3.72. The standard InChI is InChI=1S/C26H25N5O5S/c1-15-8-13-19(36-15)22(25(33)29-14-16-6-4-3-5-7-16)31(17-9-11-18(35-2)12-10-17)26(34)23-20(27)21(24(28)32)30-37-23/h3-13,22H,14,27H2,1-2H3,(H2,28,32)(H,29,33). The van der Waals surface area contributed by atoms with E-state index < -0.39 is 23.8 Å². The molecule has 0 saturated carbocycles. The highest BCUT2D eigenvalue weighted by Gasteiger charge is 2.37. The molecule has 0 saturated heterocycles. The van der Waals surface area contributed by atoms with Crippen LogP contribution in [0.1, 0.15) is 43.3 Å². The van der Waals surface area contributed by atoms with Crippen LogP contribution in [0.2, 0.25) is 0 Å². The van der Waals surface area contributed by atoms with Crippen molar-refractivity contribution in [3.63, 3.8) is 0 Å². The molecule has 2 aromatic heterocycles. The Morgan fingerprint density at radius 1 is 1.08 bits per heavy atom. The van der Waals surface area contributed by atoms with Crippen molar-refractivity contribution in [2.24, 2.45) is 5.73 Å². The van der Waals surface area contributed by atoms with Crippen molar-refractivity contribution < 1.29 is 23.5 Å². The molecule has 190 valence electrons. The summed E-state index contributed by atoms with van der Waals surface area (Å²) in [5.41, 5.74) is 12.3. The van der Waals surface area contributed by atoms with Gasteiger partial charge >= 0.3 is 0 Å². The molecule has 3 amide bonds. The monoisotopic (exact) mass is 519 g/mol. The van der Waals surface area contributed by atoms with Crippen LogP contribution in [0.25, 0.3) is 0 Å². The molecule has 4 rings (SSSR count). The van der Waals surface area contributed by atoms with E-state index in [4.69, 9.17) is 20.6 Å². The van der Waals surface area contributed by atoms with Crippen LogP contribution in [-0.4, -0.2) is 29.2 Å². The molecule has 0 radical (unpaired) electrons. The van der Waals surface area contributed by atoms with Crippen LogP contribution in [0, 0.1) is 6.92 Å². The van der Waals surface area contributed by atoms with E-state index in [9.17, 15) is 14.4 Å². The number of aromatic nitrogens is 1. The third kappa shape index (κ3) is 5.46. The smallest absolute Gasteiger partial charge is 0.273 e. The number of nitrogen functional groups attached to an aromatic ring is 1. The molecule has 0 spiro atoms. The van der Waals surface area contributed by atoms with Gasteiger partial charge in [-0.3, -0.25) is 19.3 Å². The molecule has 0 bridgehead atoms. The summed E-state index contributed by atoms with van der Waals surface area (Å²) >= 11 is 0.729. The average Bonchev–Trinajstić information content (AvgIpc) is 3.51. The third-order valence-electron chi connectivity index (χ3n) is 5.57. The van der Waals surface area contributed by atoms with Gasteiger partial charge in [0.25, 0.3) is 17.7 Å². The van der Waals surface area contributed by atoms with Crippen molar-refractivity contribution in [1.29, 1.82) is 0 Å². The maximum atomic E-state index is 14.0. The second-order valence-corrected chi connectivity index (χ2v) is 8.84. The number of nitrogens with zero attached hydrogens (tertiary/aromatic N) is 2. The van der Waals surface area contributed by atoms with Gasteiger partial charge in [0, 0.05) is 12.2 Å². The molecule has 10 nitrogen and oxygen atoms in total. The number of carbonyl (C=O) groups excluding carboxylic acids is 3. The summed E-state index contributed by atoms with van der Waals surface area (Å²) in [5.74, 6) is -0.634. The topological polar surface area (TPSA) is 154 Å². The summed E-state index contributed by atoms with van der Waals surface area (Å²) in [5, 5.41) is 2.89. The molecule has 2 heterocycles. The molecule has 11 heteroatoms. The molecular formula is C26H25N5O5S. The zero-order valence-corrected chi connectivity index (χ0v) is 21.0. The van der Waals surface area contributed by atoms with Gasteiger partial charge in [-0.1, -0.05) is 30.3 Å². The first-order valence-electron chi connectivity index (χ1n) is 11.2. The van der Waals surface area contributed by atoms with Crippen LogP contribution in [0.15, 0.2) is 71.1 Å². The number of aryl methyl sites for hydroxylation is 1. The number of carbonyl (C=O) groups is 3. The molecule has 4 aromatic rings. The molecule has 1 atom stereocenters. The molecule has 0 aliphatic heterocycles. The predicted molar refractivity (Wildman–Crippen MR) is 139 cm³/mol. The second kappa shape index (κ2) is 11.0. The number of primary amides is 1. The summed E-state index contributed by atoms with van der Waals surface area (Å²) in [4.78, 5) is 40.6. The third-order valence-corrected chi connectivity index (χ3v) is 6.42. The molecule has 5 N–H and O–H groups in total. The van der Waals surface area contributed by atoms with Gasteiger partial charge in [-0.25, -0.2) is 0 Å². The largest absolute Gasteiger partial charge is 0.497 e. The zero-order valence-electron chi connectivity index (χ0n) is 20.1. The Kier molecular flexibility index (Phi) is 7.54. The van der Waals surface area contributed by atoms with E-state index in [2.05, 4.69) is 9.69 Å². The van der Waals surface area contributed by atoms with Gasteiger partial charge in [-0.2, -0.15) is 4.37 Å². The van der Waals surface area contributed by atoms with E-state index in [0.29, 0.717) is 17.2 Å². The van der Waals surface area contributed by atoms with E-state index in [1.807, 2.05) is 30.3 Å². The lowest BCUT2D eigenvalue weighted by molar-refractivity contribution is -0.123. The first kappa shape index (κ1) is 25.5. The number of rotatable bonds is 9. The highest BCUT2D eigenvalue weighted by Crippen LogP contribution is 2.34. The number of nitrogens with one attached hydrogen (secondary N) is 1. The number of hydrogen-bond acceptors (Lipinski definition) is 8. The van der Waals surface area contributed by atoms with E-state index in [1.54, 1.807) is 43.3 Å².